The van der Waals surface area contributed by atoms with Gasteiger partial charge in [-0.05, 0) is 12.8 Å². The van der Waals surface area contributed by atoms with Gasteiger partial charge in [0.25, 0.3) is 0 Å². The van der Waals surface area contributed by atoms with Gasteiger partial charge in [0.05, 0.1) is 12.0 Å². The molecule has 104 valence electrons. The Morgan fingerprint density at radius 2 is 2.16 bits per heavy atom. The smallest absolute Gasteiger partial charge is 0.326 e. The van der Waals surface area contributed by atoms with Gasteiger partial charge >= 0.3 is 5.97 Å². The SMILES string of the molecule is O=C(N[C@@H](Cc1c[nH]cn1)C(=O)O)C1CCCCC1. The summed E-state index contributed by atoms with van der Waals surface area (Å²) in [6, 6.07) is -0.905. The van der Waals surface area contributed by atoms with E-state index < -0.39 is 12.0 Å². The third-order valence-electron chi connectivity index (χ3n) is 3.56. The molecule has 0 spiro atoms. The van der Waals surface area contributed by atoms with Crippen molar-refractivity contribution >= 4 is 11.9 Å². The molecule has 0 radical (unpaired) electrons. The maximum atomic E-state index is 12.0. The Morgan fingerprint density at radius 3 is 2.74 bits per heavy atom. The molecular weight excluding hydrogens is 246 g/mol. The minimum Gasteiger partial charge on any atom is -0.480 e. The van der Waals surface area contributed by atoms with Gasteiger partial charge in [-0.3, -0.25) is 4.79 Å². The molecule has 2 rings (SSSR count). The van der Waals surface area contributed by atoms with Crippen molar-refractivity contribution in [2.24, 2.45) is 5.92 Å². The van der Waals surface area contributed by atoms with Gasteiger partial charge in [-0.1, -0.05) is 19.3 Å². The third kappa shape index (κ3) is 3.81. The molecule has 1 aromatic rings. The topological polar surface area (TPSA) is 95.1 Å². The molecule has 1 aliphatic carbocycles. The first-order valence-corrected chi connectivity index (χ1v) is 6.67. The second kappa shape index (κ2) is 6.36. The van der Waals surface area contributed by atoms with Crippen LogP contribution in [0.1, 0.15) is 37.8 Å². The number of nitrogens with one attached hydrogen (secondary N) is 2. The van der Waals surface area contributed by atoms with E-state index >= 15 is 0 Å². The molecule has 1 aromatic heterocycles. The fraction of sp³-hybridized carbons (Fsp3) is 0.615. The molecule has 0 unspecified atom stereocenters. The normalized spacial score (nSPS) is 17.9. The van der Waals surface area contributed by atoms with E-state index in [4.69, 9.17) is 5.11 Å². The zero-order valence-corrected chi connectivity index (χ0v) is 10.8. The van der Waals surface area contributed by atoms with Gasteiger partial charge in [-0.25, -0.2) is 9.78 Å². The molecule has 1 amide bonds. The number of H-pyrrole nitrogens is 1. The Bertz CT molecular complexity index is 424. The summed E-state index contributed by atoms with van der Waals surface area (Å²) < 4.78 is 0. The van der Waals surface area contributed by atoms with Gasteiger partial charge < -0.3 is 15.4 Å². The Morgan fingerprint density at radius 1 is 1.42 bits per heavy atom. The zero-order chi connectivity index (χ0) is 13.7. The van der Waals surface area contributed by atoms with Crippen LogP contribution in [-0.4, -0.2) is 33.0 Å². The van der Waals surface area contributed by atoms with E-state index in [-0.39, 0.29) is 18.2 Å². The van der Waals surface area contributed by atoms with Crippen LogP contribution in [0.25, 0.3) is 0 Å². The number of carboxylic acid groups (broad SMARTS) is 1. The Labute approximate surface area is 111 Å². The lowest BCUT2D eigenvalue weighted by atomic mass is 9.88. The van der Waals surface area contributed by atoms with Gasteiger partial charge in [-0.15, -0.1) is 0 Å². The average Bonchev–Trinajstić information content (AvgIpc) is 2.91. The van der Waals surface area contributed by atoms with E-state index in [0.717, 1.165) is 25.7 Å². The average molecular weight is 265 g/mol. The van der Waals surface area contributed by atoms with Crippen LogP contribution in [0.2, 0.25) is 0 Å². The number of aromatic nitrogens is 2. The number of hydrogen-bond acceptors (Lipinski definition) is 3. The Kier molecular flexibility index (Phi) is 4.54. The van der Waals surface area contributed by atoms with Gasteiger partial charge in [-0.2, -0.15) is 0 Å². The molecule has 1 saturated carbocycles. The monoisotopic (exact) mass is 265 g/mol. The number of nitrogens with zero attached hydrogens (tertiary/aromatic N) is 1. The van der Waals surface area contributed by atoms with Crippen molar-refractivity contribution in [2.75, 3.05) is 0 Å². The van der Waals surface area contributed by atoms with Crippen LogP contribution >= 0.6 is 0 Å². The van der Waals surface area contributed by atoms with Crippen LogP contribution in [0.15, 0.2) is 12.5 Å². The lowest BCUT2D eigenvalue weighted by molar-refractivity contribution is -0.142. The molecule has 6 nitrogen and oxygen atoms in total. The lowest BCUT2D eigenvalue weighted by Gasteiger charge is -2.23. The standard InChI is InChI=1S/C13H19N3O3/c17-12(9-4-2-1-3-5-9)16-11(13(18)19)6-10-7-14-8-15-10/h7-9,11H,1-6H2,(H,14,15)(H,16,17)(H,18,19)/t11-/m0/s1. The van der Waals surface area contributed by atoms with Gasteiger partial charge in [0, 0.05) is 18.5 Å². The zero-order valence-electron chi connectivity index (χ0n) is 10.8. The number of aliphatic carboxylic acids is 1. The Hall–Kier alpha value is -1.85. The van der Waals surface area contributed by atoms with Crippen LogP contribution in [0.3, 0.4) is 0 Å². The molecule has 0 saturated heterocycles. The van der Waals surface area contributed by atoms with Gasteiger partial charge in [0.15, 0.2) is 0 Å². The molecule has 1 aliphatic rings. The lowest BCUT2D eigenvalue weighted by Crippen LogP contribution is -2.45. The fourth-order valence-corrected chi connectivity index (χ4v) is 2.47. The summed E-state index contributed by atoms with van der Waals surface area (Å²) >= 11 is 0. The molecular formula is C13H19N3O3. The minimum atomic E-state index is -1.02. The largest absolute Gasteiger partial charge is 0.480 e. The van der Waals surface area contributed by atoms with Crippen molar-refractivity contribution in [2.45, 2.75) is 44.6 Å². The van der Waals surface area contributed by atoms with Crippen molar-refractivity contribution < 1.29 is 14.7 Å². The van der Waals surface area contributed by atoms with Crippen LogP contribution in [0.4, 0.5) is 0 Å². The Balaban J connectivity index is 1.92. The first kappa shape index (κ1) is 13.6. The summed E-state index contributed by atoms with van der Waals surface area (Å²) in [5, 5.41) is 11.8. The second-order valence-corrected chi connectivity index (χ2v) is 5.00. The number of amides is 1. The third-order valence-corrected chi connectivity index (χ3v) is 3.56. The fourth-order valence-electron chi connectivity index (χ4n) is 2.47. The highest BCUT2D eigenvalue weighted by Gasteiger charge is 2.26. The maximum Gasteiger partial charge on any atom is 0.326 e. The molecule has 3 N–H and O–H groups in total. The minimum absolute atomic E-state index is 0.0326. The van der Waals surface area contributed by atoms with Crippen molar-refractivity contribution in [1.29, 1.82) is 0 Å². The predicted octanol–water partition coefficient (Wildman–Crippen LogP) is 1.10. The van der Waals surface area contributed by atoms with E-state index in [0.29, 0.717) is 5.69 Å². The van der Waals surface area contributed by atoms with Crippen molar-refractivity contribution in [3.8, 4) is 0 Å². The molecule has 0 bridgehead atoms. The number of carbonyl (C=O) groups excluding carboxylic acids is 1. The van der Waals surface area contributed by atoms with Crippen LogP contribution in [0.5, 0.6) is 0 Å². The van der Waals surface area contributed by atoms with E-state index in [1.807, 2.05) is 0 Å². The molecule has 1 heterocycles. The van der Waals surface area contributed by atoms with Crippen molar-refractivity contribution in [1.82, 2.24) is 15.3 Å². The highest BCUT2D eigenvalue weighted by atomic mass is 16.4. The number of carboxylic acids is 1. The maximum absolute atomic E-state index is 12.0. The van der Waals surface area contributed by atoms with Crippen molar-refractivity contribution in [3.05, 3.63) is 18.2 Å². The molecule has 0 aliphatic heterocycles. The number of hydrogen-bond donors (Lipinski definition) is 3. The van der Waals surface area contributed by atoms with E-state index in [1.165, 1.54) is 12.7 Å². The van der Waals surface area contributed by atoms with E-state index in [2.05, 4.69) is 15.3 Å². The summed E-state index contributed by atoms with van der Waals surface area (Å²) in [7, 11) is 0. The second-order valence-electron chi connectivity index (χ2n) is 5.00. The van der Waals surface area contributed by atoms with E-state index in [9.17, 15) is 9.59 Å². The summed E-state index contributed by atoms with van der Waals surface area (Å²) in [6.07, 6.45) is 8.34. The van der Waals surface area contributed by atoms with E-state index in [1.54, 1.807) is 6.20 Å². The number of aromatic amines is 1. The molecule has 19 heavy (non-hydrogen) atoms. The summed E-state index contributed by atoms with van der Waals surface area (Å²) in [5.41, 5.74) is 0.636. The molecule has 1 fully saturated rings. The summed E-state index contributed by atoms with van der Waals surface area (Å²) in [4.78, 5) is 30.0. The molecule has 0 aromatic carbocycles. The molecule has 1 atom stereocenters. The summed E-state index contributed by atoms with van der Waals surface area (Å²) in [6.45, 7) is 0. The number of carbonyl (C=O) groups is 2. The first-order chi connectivity index (χ1) is 9.16. The quantitative estimate of drug-likeness (QED) is 0.743. The first-order valence-electron chi connectivity index (χ1n) is 6.67. The van der Waals surface area contributed by atoms with Gasteiger partial charge in [0.1, 0.15) is 6.04 Å². The highest BCUT2D eigenvalue weighted by molar-refractivity contribution is 5.85. The summed E-state index contributed by atoms with van der Waals surface area (Å²) in [5.74, 6) is -1.19. The highest BCUT2D eigenvalue weighted by Crippen LogP contribution is 2.23. The number of imidazole rings is 1. The molecule has 6 heteroatoms. The number of rotatable bonds is 5. The van der Waals surface area contributed by atoms with Crippen LogP contribution < -0.4 is 5.32 Å². The predicted molar refractivity (Wildman–Crippen MR) is 68.4 cm³/mol. The van der Waals surface area contributed by atoms with Gasteiger partial charge in [0.2, 0.25) is 5.91 Å². The van der Waals surface area contributed by atoms with Crippen LogP contribution in [0, 0.1) is 5.92 Å². The van der Waals surface area contributed by atoms with Crippen molar-refractivity contribution in [3.63, 3.8) is 0 Å². The van der Waals surface area contributed by atoms with Crippen LogP contribution in [-0.2, 0) is 16.0 Å².